The topological polar surface area (TPSA) is 96.4 Å². The van der Waals surface area contributed by atoms with Gasteiger partial charge in [0.15, 0.2) is 0 Å². The number of ether oxygens (including phenoxy) is 2. The van der Waals surface area contributed by atoms with E-state index < -0.39 is 46.6 Å². The molecule has 6 atom stereocenters. The minimum absolute atomic E-state index is 0.0517. The summed E-state index contributed by atoms with van der Waals surface area (Å²) in [6.45, 7) is 22.0. The van der Waals surface area contributed by atoms with Gasteiger partial charge in [-0.15, -0.1) is 13.2 Å². The second kappa shape index (κ2) is 11.4. The molecule has 3 heterocycles. The van der Waals surface area contributed by atoms with E-state index >= 15 is 0 Å². The van der Waals surface area contributed by atoms with Gasteiger partial charge < -0.3 is 24.4 Å². The lowest BCUT2D eigenvalue weighted by molar-refractivity contribution is -0.163. The van der Waals surface area contributed by atoms with Gasteiger partial charge in [0.05, 0.1) is 30.8 Å². The van der Waals surface area contributed by atoms with Crippen molar-refractivity contribution in [2.45, 2.75) is 116 Å². The molecule has 0 aromatic rings. The Morgan fingerprint density at radius 1 is 1.21 bits per heavy atom. The third-order valence-electron chi connectivity index (χ3n) is 8.76. The quantitative estimate of drug-likeness (QED) is 0.211. The lowest BCUT2D eigenvalue weighted by atomic mass is 9.66. The molecule has 3 aliphatic rings. The smallest absolute Gasteiger partial charge is 0.312 e. The van der Waals surface area contributed by atoms with Crippen LogP contribution in [0.15, 0.2) is 25.3 Å². The van der Waals surface area contributed by atoms with E-state index in [1.54, 1.807) is 17.9 Å². The van der Waals surface area contributed by atoms with Crippen LogP contribution in [0, 0.1) is 17.3 Å². The number of hydrogen-bond acceptors (Lipinski definition) is 6. The van der Waals surface area contributed by atoms with Crippen LogP contribution in [0.5, 0.6) is 0 Å². The molecule has 0 saturated carbocycles. The molecule has 2 bridgehead atoms. The molecule has 220 valence electrons. The Bertz CT molecular complexity index is 971. The molecule has 1 spiro atoms. The van der Waals surface area contributed by atoms with E-state index in [9.17, 15) is 19.5 Å². The maximum atomic E-state index is 14.6. The summed E-state index contributed by atoms with van der Waals surface area (Å²) in [6.07, 6.45) is 7.71. The lowest BCUT2D eigenvalue weighted by Crippen LogP contribution is -2.62. The number of allylic oxidation sites excluding steroid dienone is 1. The number of fused-ring (bicyclic) bond motifs is 1. The van der Waals surface area contributed by atoms with E-state index in [1.807, 2.05) is 26.8 Å². The maximum Gasteiger partial charge on any atom is 0.312 e. The molecule has 39 heavy (non-hydrogen) atoms. The number of rotatable bonds is 13. The number of esters is 1. The molecular formula is C31H50N2O6. The molecule has 0 radical (unpaired) electrons. The highest BCUT2D eigenvalue weighted by atomic mass is 16.6. The number of carbonyl (C=O) groups excluding carboxylic acids is 3. The van der Waals surface area contributed by atoms with E-state index in [0.29, 0.717) is 25.8 Å². The van der Waals surface area contributed by atoms with Crippen LogP contribution < -0.4 is 0 Å². The second-order valence-electron chi connectivity index (χ2n) is 13.7. The SMILES string of the molecule is C=CCCCCOC(=O)[C@H]1[C@H]2C(=O)N([C@H](C)CO)C(C(=O)N(CC=C)C(C)(C)CC(C)(C)C)C23CC[C@]1(C)O3. The van der Waals surface area contributed by atoms with Gasteiger partial charge in [-0.05, 0) is 71.6 Å². The van der Waals surface area contributed by atoms with Crippen molar-refractivity contribution in [1.29, 1.82) is 0 Å². The lowest BCUT2D eigenvalue weighted by Gasteiger charge is -2.46. The molecule has 8 nitrogen and oxygen atoms in total. The summed E-state index contributed by atoms with van der Waals surface area (Å²) in [5.74, 6) is -2.64. The Labute approximate surface area is 234 Å². The number of amides is 2. The van der Waals surface area contributed by atoms with Crippen molar-refractivity contribution in [1.82, 2.24) is 9.80 Å². The van der Waals surface area contributed by atoms with Crippen LogP contribution >= 0.6 is 0 Å². The third-order valence-corrected chi connectivity index (χ3v) is 8.76. The van der Waals surface area contributed by atoms with Crippen LogP contribution in [0.2, 0.25) is 0 Å². The Morgan fingerprint density at radius 3 is 2.44 bits per heavy atom. The maximum absolute atomic E-state index is 14.6. The number of carbonyl (C=O) groups is 3. The predicted octanol–water partition coefficient (Wildman–Crippen LogP) is 4.26. The van der Waals surface area contributed by atoms with Crippen molar-refractivity contribution in [3.8, 4) is 0 Å². The Hall–Kier alpha value is -2.19. The number of aliphatic hydroxyl groups is 1. The zero-order valence-electron chi connectivity index (χ0n) is 25.1. The summed E-state index contributed by atoms with van der Waals surface area (Å²) in [6, 6.07) is -1.57. The first-order valence-electron chi connectivity index (χ1n) is 14.4. The van der Waals surface area contributed by atoms with Gasteiger partial charge in [-0.25, -0.2) is 0 Å². The van der Waals surface area contributed by atoms with Gasteiger partial charge in [0.1, 0.15) is 17.6 Å². The van der Waals surface area contributed by atoms with Crippen molar-refractivity contribution < 1.29 is 29.0 Å². The van der Waals surface area contributed by atoms with Crippen LogP contribution in [0.25, 0.3) is 0 Å². The molecule has 2 unspecified atom stereocenters. The van der Waals surface area contributed by atoms with E-state index in [2.05, 4.69) is 33.9 Å². The minimum atomic E-state index is -1.16. The van der Waals surface area contributed by atoms with E-state index in [1.165, 1.54) is 4.90 Å². The van der Waals surface area contributed by atoms with Crippen molar-refractivity contribution in [3.05, 3.63) is 25.3 Å². The van der Waals surface area contributed by atoms with Crippen molar-refractivity contribution >= 4 is 17.8 Å². The van der Waals surface area contributed by atoms with Crippen molar-refractivity contribution in [3.63, 3.8) is 0 Å². The minimum Gasteiger partial charge on any atom is -0.465 e. The highest BCUT2D eigenvalue weighted by Crippen LogP contribution is 2.63. The second-order valence-corrected chi connectivity index (χ2v) is 13.7. The molecule has 3 aliphatic heterocycles. The van der Waals surface area contributed by atoms with Crippen LogP contribution in [-0.4, -0.2) is 81.3 Å². The first-order chi connectivity index (χ1) is 18.1. The van der Waals surface area contributed by atoms with Gasteiger partial charge in [0.2, 0.25) is 11.8 Å². The Morgan fingerprint density at radius 2 is 1.87 bits per heavy atom. The van der Waals surface area contributed by atoms with Crippen molar-refractivity contribution in [2.75, 3.05) is 19.8 Å². The normalized spacial score (nSPS) is 30.7. The largest absolute Gasteiger partial charge is 0.465 e. The van der Waals surface area contributed by atoms with Crippen molar-refractivity contribution in [2.24, 2.45) is 17.3 Å². The monoisotopic (exact) mass is 546 g/mol. The summed E-state index contributed by atoms with van der Waals surface area (Å²) in [7, 11) is 0. The Balaban J connectivity index is 2.02. The average Bonchev–Trinajstić information content (AvgIpc) is 3.40. The van der Waals surface area contributed by atoms with Crippen LogP contribution in [-0.2, 0) is 23.9 Å². The van der Waals surface area contributed by atoms with Gasteiger partial charge in [-0.3, -0.25) is 14.4 Å². The van der Waals surface area contributed by atoms with Gasteiger partial charge in [0, 0.05) is 12.1 Å². The van der Waals surface area contributed by atoms with E-state index in [0.717, 1.165) is 19.3 Å². The summed E-state index contributed by atoms with van der Waals surface area (Å²) >= 11 is 0. The van der Waals surface area contributed by atoms with Crippen LogP contribution in [0.3, 0.4) is 0 Å². The molecule has 1 N–H and O–H groups in total. The number of hydrogen-bond donors (Lipinski definition) is 1. The Kier molecular flexibility index (Phi) is 9.13. The first-order valence-corrected chi connectivity index (χ1v) is 14.4. The molecule has 3 rings (SSSR count). The molecule has 0 aromatic heterocycles. The molecule has 2 amide bonds. The summed E-state index contributed by atoms with van der Waals surface area (Å²) in [4.78, 5) is 45.5. The fraction of sp³-hybridized carbons (Fsp3) is 0.774. The first kappa shape index (κ1) is 31.3. The fourth-order valence-corrected chi connectivity index (χ4v) is 7.52. The summed E-state index contributed by atoms with van der Waals surface area (Å²) in [5, 5.41) is 10.1. The predicted molar refractivity (Wildman–Crippen MR) is 151 cm³/mol. The number of nitrogens with zero attached hydrogens (tertiary/aromatic N) is 2. The molecule has 3 fully saturated rings. The molecule has 0 aliphatic carbocycles. The van der Waals surface area contributed by atoms with E-state index in [-0.39, 0.29) is 30.4 Å². The summed E-state index contributed by atoms with van der Waals surface area (Å²) < 4.78 is 12.4. The highest BCUT2D eigenvalue weighted by Gasteiger charge is 2.79. The van der Waals surface area contributed by atoms with Gasteiger partial charge >= 0.3 is 5.97 Å². The number of unbranched alkanes of at least 4 members (excludes halogenated alkanes) is 2. The van der Waals surface area contributed by atoms with Gasteiger partial charge in [0.25, 0.3) is 0 Å². The summed E-state index contributed by atoms with van der Waals surface area (Å²) in [5.41, 5.74) is -2.64. The molecule has 8 heteroatoms. The third kappa shape index (κ3) is 5.69. The zero-order valence-corrected chi connectivity index (χ0v) is 25.1. The standard InChI is InChI=1S/C31H50N2O6/c1-10-12-13-14-18-38-27(37)23-22-25(35)33(21(3)19-34)24(31(22)16-15-30(23,9)39-31)26(36)32(17-11-2)29(7,8)20-28(4,5)6/h10-11,21-24,34H,1-2,12-20H2,3-9H3/t21-,22+,23-,24?,30+,31?/m1/s1. The number of aliphatic hydroxyl groups excluding tert-OH is 1. The van der Waals surface area contributed by atoms with Crippen LogP contribution in [0.1, 0.15) is 87.0 Å². The number of likely N-dealkylation sites (tertiary alicyclic amines) is 1. The van der Waals surface area contributed by atoms with Crippen LogP contribution in [0.4, 0.5) is 0 Å². The van der Waals surface area contributed by atoms with E-state index in [4.69, 9.17) is 9.47 Å². The average molecular weight is 547 g/mol. The van der Waals surface area contributed by atoms with Gasteiger partial charge in [-0.1, -0.05) is 32.9 Å². The molecule has 3 saturated heterocycles. The molecule has 0 aromatic carbocycles. The van der Waals surface area contributed by atoms with Gasteiger partial charge in [-0.2, -0.15) is 0 Å². The fourth-order valence-electron chi connectivity index (χ4n) is 7.52. The zero-order chi connectivity index (χ0) is 29.4. The highest BCUT2D eigenvalue weighted by molar-refractivity contribution is 5.99. The molecular weight excluding hydrogens is 496 g/mol.